The number of cyclic esters (lactones) is 1. The number of benzene rings is 2. The topological polar surface area (TPSA) is 132 Å². The number of aliphatic imine (C=N–C) groups is 1. The molecule has 8 nitrogen and oxygen atoms in total. The SMILES string of the molecule is NC(Cc1ccccc1)C(=O)c1oc(O)c2c1C(=O)OC2=NC(C=O)Cc1ccccc1. The summed E-state index contributed by atoms with van der Waals surface area (Å²) in [7, 11) is 0. The molecule has 0 saturated carbocycles. The number of ether oxygens (including phenoxy) is 1. The van der Waals surface area contributed by atoms with Crippen LogP contribution in [0.3, 0.4) is 0 Å². The number of nitrogens with zero attached hydrogens (tertiary/aromatic N) is 1. The Morgan fingerprint density at radius 2 is 1.59 bits per heavy atom. The average molecular weight is 432 g/mol. The lowest BCUT2D eigenvalue weighted by atomic mass is 9.99. The van der Waals surface area contributed by atoms with Crippen LogP contribution in [0.5, 0.6) is 5.95 Å². The van der Waals surface area contributed by atoms with Gasteiger partial charge in [0.05, 0.1) is 6.04 Å². The van der Waals surface area contributed by atoms with E-state index in [9.17, 15) is 19.5 Å². The summed E-state index contributed by atoms with van der Waals surface area (Å²) in [5, 5.41) is 10.3. The Morgan fingerprint density at radius 3 is 2.19 bits per heavy atom. The third kappa shape index (κ3) is 4.21. The summed E-state index contributed by atoms with van der Waals surface area (Å²) in [6.45, 7) is 0. The molecule has 3 N–H and O–H groups in total. The molecular weight excluding hydrogens is 412 g/mol. The molecule has 1 aliphatic rings. The highest BCUT2D eigenvalue weighted by Crippen LogP contribution is 2.35. The second-order valence-electron chi connectivity index (χ2n) is 7.36. The van der Waals surface area contributed by atoms with Crippen molar-refractivity contribution < 1.29 is 28.6 Å². The van der Waals surface area contributed by atoms with Crippen molar-refractivity contribution >= 4 is 23.9 Å². The fourth-order valence-electron chi connectivity index (χ4n) is 3.53. The number of hydrogen-bond donors (Lipinski definition) is 2. The molecule has 3 aromatic rings. The molecule has 8 heteroatoms. The molecule has 0 fully saturated rings. The van der Waals surface area contributed by atoms with Crippen LogP contribution < -0.4 is 5.73 Å². The largest absolute Gasteiger partial charge is 0.480 e. The molecule has 0 spiro atoms. The minimum absolute atomic E-state index is 0.148. The fourth-order valence-corrected chi connectivity index (χ4v) is 3.53. The van der Waals surface area contributed by atoms with Gasteiger partial charge >= 0.3 is 5.97 Å². The summed E-state index contributed by atoms with van der Waals surface area (Å²) in [5.41, 5.74) is 7.34. The Hall–Kier alpha value is -4.04. The Balaban J connectivity index is 1.61. The standard InChI is InChI=1S/C24H20N2O6/c25-17(12-15-9-5-2-6-10-15)20(28)21-18-19(24(30)31-21)22(32-23(18)29)26-16(13-27)11-14-7-3-1-4-8-14/h1-10,13,16-17,30H,11-12,25H2. The first-order valence-corrected chi connectivity index (χ1v) is 9.97. The van der Waals surface area contributed by atoms with E-state index in [-0.39, 0.29) is 35.6 Å². The number of aromatic hydroxyl groups is 1. The highest BCUT2D eigenvalue weighted by Gasteiger charge is 2.42. The average Bonchev–Trinajstić information content (AvgIpc) is 3.32. The molecule has 0 aliphatic carbocycles. The van der Waals surface area contributed by atoms with E-state index in [0.717, 1.165) is 11.1 Å². The van der Waals surface area contributed by atoms with Crippen molar-refractivity contribution in [3.8, 4) is 5.95 Å². The van der Waals surface area contributed by atoms with Gasteiger partial charge in [0, 0.05) is 6.42 Å². The maximum atomic E-state index is 12.9. The number of aldehydes is 1. The van der Waals surface area contributed by atoms with Crippen molar-refractivity contribution in [1.29, 1.82) is 0 Å². The van der Waals surface area contributed by atoms with Gasteiger partial charge in [-0.2, -0.15) is 0 Å². The van der Waals surface area contributed by atoms with Crippen LogP contribution in [-0.2, 0) is 22.4 Å². The number of carbonyl (C=O) groups excluding carboxylic acids is 3. The van der Waals surface area contributed by atoms with Gasteiger partial charge in [-0.05, 0) is 17.5 Å². The molecular formula is C24H20N2O6. The van der Waals surface area contributed by atoms with Gasteiger partial charge in [-0.1, -0.05) is 60.7 Å². The number of Topliss-reactive ketones (excluding diaryl/α,β-unsaturated/α-hetero) is 1. The molecule has 2 aromatic carbocycles. The maximum Gasteiger partial charge on any atom is 0.349 e. The lowest BCUT2D eigenvalue weighted by Gasteiger charge is -2.09. The molecule has 2 unspecified atom stereocenters. The van der Waals surface area contributed by atoms with Crippen LogP contribution in [0.25, 0.3) is 0 Å². The van der Waals surface area contributed by atoms with Crippen molar-refractivity contribution in [1.82, 2.24) is 0 Å². The molecule has 1 aliphatic heterocycles. The fraction of sp³-hybridized carbons (Fsp3) is 0.167. The summed E-state index contributed by atoms with van der Waals surface area (Å²) in [4.78, 5) is 41.0. The second-order valence-corrected chi connectivity index (χ2v) is 7.36. The number of esters is 1. The number of rotatable bonds is 8. The monoisotopic (exact) mass is 432 g/mol. The van der Waals surface area contributed by atoms with Crippen LogP contribution >= 0.6 is 0 Å². The van der Waals surface area contributed by atoms with E-state index >= 15 is 0 Å². The van der Waals surface area contributed by atoms with Gasteiger partial charge in [0.15, 0.2) is 5.76 Å². The normalized spacial score (nSPS) is 15.8. The number of carbonyl (C=O) groups is 3. The molecule has 0 amide bonds. The molecule has 4 rings (SSSR count). The predicted octanol–water partition coefficient (Wildman–Crippen LogP) is 2.47. The molecule has 0 radical (unpaired) electrons. The smallest absolute Gasteiger partial charge is 0.349 e. The predicted molar refractivity (Wildman–Crippen MR) is 115 cm³/mol. The van der Waals surface area contributed by atoms with Crippen molar-refractivity contribution in [2.24, 2.45) is 10.7 Å². The van der Waals surface area contributed by atoms with Crippen LogP contribution in [-0.4, -0.2) is 41.1 Å². The zero-order valence-corrected chi connectivity index (χ0v) is 16.9. The Morgan fingerprint density at radius 1 is 1.00 bits per heavy atom. The van der Waals surface area contributed by atoms with Gasteiger partial charge in [0.2, 0.25) is 11.7 Å². The highest BCUT2D eigenvalue weighted by atomic mass is 16.6. The first kappa shape index (κ1) is 21.2. The van der Waals surface area contributed by atoms with Crippen LogP contribution in [0.4, 0.5) is 0 Å². The van der Waals surface area contributed by atoms with Crippen LogP contribution in [0.1, 0.15) is 37.6 Å². The van der Waals surface area contributed by atoms with Gasteiger partial charge in [-0.25, -0.2) is 9.79 Å². The quantitative estimate of drug-likeness (QED) is 0.317. The third-order valence-corrected chi connectivity index (χ3v) is 5.08. The van der Waals surface area contributed by atoms with Gasteiger partial charge in [0.1, 0.15) is 23.5 Å². The number of furan rings is 1. The van der Waals surface area contributed by atoms with Crippen molar-refractivity contribution in [3.63, 3.8) is 0 Å². The molecule has 0 saturated heterocycles. The third-order valence-electron chi connectivity index (χ3n) is 5.08. The van der Waals surface area contributed by atoms with Crippen molar-refractivity contribution in [2.75, 3.05) is 0 Å². The van der Waals surface area contributed by atoms with E-state index in [2.05, 4.69) is 4.99 Å². The molecule has 2 atom stereocenters. The number of fused-ring (bicyclic) bond motifs is 1. The van der Waals surface area contributed by atoms with Crippen molar-refractivity contribution in [2.45, 2.75) is 24.9 Å². The van der Waals surface area contributed by atoms with E-state index in [1.807, 2.05) is 60.7 Å². The van der Waals surface area contributed by atoms with E-state index in [1.54, 1.807) is 0 Å². The van der Waals surface area contributed by atoms with Crippen LogP contribution in [0, 0.1) is 0 Å². The lowest BCUT2D eigenvalue weighted by molar-refractivity contribution is -0.108. The highest BCUT2D eigenvalue weighted by molar-refractivity contribution is 6.22. The lowest BCUT2D eigenvalue weighted by Crippen LogP contribution is -2.33. The second kappa shape index (κ2) is 8.99. The molecule has 162 valence electrons. The molecule has 0 bridgehead atoms. The number of ketones is 1. The van der Waals surface area contributed by atoms with Crippen LogP contribution in [0.15, 0.2) is 70.1 Å². The van der Waals surface area contributed by atoms with E-state index in [1.165, 1.54) is 0 Å². The summed E-state index contributed by atoms with van der Waals surface area (Å²) < 4.78 is 10.3. The van der Waals surface area contributed by atoms with E-state index in [4.69, 9.17) is 14.9 Å². The first-order valence-electron chi connectivity index (χ1n) is 9.97. The zero-order valence-electron chi connectivity index (χ0n) is 16.9. The minimum atomic E-state index is -0.998. The summed E-state index contributed by atoms with van der Waals surface area (Å²) in [5.74, 6) is -2.90. The van der Waals surface area contributed by atoms with Crippen molar-refractivity contribution in [3.05, 3.63) is 88.7 Å². The van der Waals surface area contributed by atoms with Gasteiger partial charge in [-0.3, -0.25) is 4.79 Å². The van der Waals surface area contributed by atoms with E-state index in [0.29, 0.717) is 6.29 Å². The summed E-state index contributed by atoms with van der Waals surface area (Å²) in [6.07, 6.45) is 1.11. The van der Waals surface area contributed by atoms with Gasteiger partial charge < -0.3 is 24.8 Å². The zero-order chi connectivity index (χ0) is 22.7. The number of nitrogens with two attached hydrogens (primary N) is 1. The molecule has 2 heterocycles. The number of hydrogen-bond acceptors (Lipinski definition) is 8. The Bertz CT molecular complexity index is 1180. The summed E-state index contributed by atoms with van der Waals surface area (Å²) in [6, 6.07) is 16.5. The minimum Gasteiger partial charge on any atom is -0.480 e. The first-order chi connectivity index (χ1) is 15.5. The molecule has 1 aromatic heterocycles. The van der Waals surface area contributed by atoms with Crippen LogP contribution in [0.2, 0.25) is 0 Å². The Labute approximate surface area is 183 Å². The van der Waals surface area contributed by atoms with Gasteiger partial charge in [-0.15, -0.1) is 0 Å². The summed E-state index contributed by atoms with van der Waals surface area (Å²) >= 11 is 0. The molecule has 32 heavy (non-hydrogen) atoms. The Kier molecular flexibility index (Phi) is 5.96. The van der Waals surface area contributed by atoms with E-state index < -0.39 is 29.8 Å². The van der Waals surface area contributed by atoms with Gasteiger partial charge in [0.25, 0.3) is 5.95 Å². The maximum absolute atomic E-state index is 12.9.